The quantitative estimate of drug-likeness (QED) is 0.784. The van der Waals surface area contributed by atoms with E-state index in [-0.39, 0.29) is 35.2 Å². The van der Waals surface area contributed by atoms with Gasteiger partial charge < -0.3 is 5.11 Å². The lowest BCUT2D eigenvalue weighted by Gasteiger charge is -2.14. The molecule has 6 nitrogen and oxygen atoms in total. The Morgan fingerprint density at radius 2 is 2.12 bits per heavy atom. The Labute approximate surface area is 99.9 Å². The maximum absolute atomic E-state index is 11.7. The fraction of sp³-hybridized carbons (Fsp3) is 0.400. The summed E-state index contributed by atoms with van der Waals surface area (Å²) in [4.78, 5) is 39.0. The van der Waals surface area contributed by atoms with Crippen molar-refractivity contribution in [2.45, 2.75) is 13.0 Å². The molecule has 2 fully saturated rings. The third-order valence-corrected chi connectivity index (χ3v) is 3.89. The second-order valence-electron chi connectivity index (χ2n) is 4.16. The average molecular weight is 252 g/mol. The summed E-state index contributed by atoms with van der Waals surface area (Å²) in [5.74, 6) is -1.64. The molecular weight excluding hydrogens is 244 g/mol. The fourth-order valence-electron chi connectivity index (χ4n) is 2.05. The van der Waals surface area contributed by atoms with E-state index < -0.39 is 5.97 Å². The minimum atomic E-state index is -1.09. The highest BCUT2D eigenvalue weighted by Crippen LogP contribution is 2.47. The maximum Gasteiger partial charge on any atom is 0.365 e. The number of hydrogen-bond donors (Lipinski definition) is 1. The third-order valence-electron chi connectivity index (χ3n) is 3.01. The SMILES string of the molecule is O=C(O)c1nc(CN2C(=O)C3CC3C2=O)cs1. The summed E-state index contributed by atoms with van der Waals surface area (Å²) < 4.78 is 0. The van der Waals surface area contributed by atoms with Gasteiger partial charge in [0.15, 0.2) is 0 Å². The number of carbonyl (C=O) groups excluding carboxylic acids is 2. The number of carboxylic acids is 1. The molecule has 2 atom stereocenters. The summed E-state index contributed by atoms with van der Waals surface area (Å²) in [5.41, 5.74) is 0.454. The van der Waals surface area contributed by atoms with Crippen LogP contribution in [0.3, 0.4) is 0 Å². The van der Waals surface area contributed by atoms with E-state index in [9.17, 15) is 14.4 Å². The van der Waals surface area contributed by atoms with Crippen LogP contribution in [-0.2, 0) is 16.1 Å². The lowest BCUT2D eigenvalue weighted by Crippen LogP contribution is -2.32. The molecule has 1 aliphatic heterocycles. The molecular formula is C10H8N2O4S. The van der Waals surface area contributed by atoms with E-state index in [1.165, 1.54) is 4.90 Å². The van der Waals surface area contributed by atoms with Crippen LogP contribution in [0.5, 0.6) is 0 Å². The van der Waals surface area contributed by atoms with Gasteiger partial charge in [-0.3, -0.25) is 14.5 Å². The number of carboxylic acid groups (broad SMARTS) is 1. The Kier molecular flexibility index (Phi) is 2.06. The number of imide groups is 1. The first-order valence-corrected chi connectivity index (χ1v) is 5.99. The number of likely N-dealkylation sites (tertiary alicyclic amines) is 1. The Morgan fingerprint density at radius 3 is 2.65 bits per heavy atom. The van der Waals surface area contributed by atoms with Crippen molar-refractivity contribution in [3.05, 3.63) is 16.1 Å². The Hall–Kier alpha value is -1.76. The summed E-state index contributed by atoms with van der Waals surface area (Å²) in [6, 6.07) is 0. The number of hydrogen-bond acceptors (Lipinski definition) is 5. The van der Waals surface area contributed by atoms with Crippen LogP contribution < -0.4 is 0 Å². The number of piperidine rings is 1. The number of aromatic nitrogens is 1. The van der Waals surface area contributed by atoms with Crippen molar-refractivity contribution in [2.75, 3.05) is 0 Å². The number of nitrogens with zero attached hydrogens (tertiary/aromatic N) is 2. The van der Waals surface area contributed by atoms with E-state index in [2.05, 4.69) is 4.98 Å². The van der Waals surface area contributed by atoms with Crippen molar-refractivity contribution in [2.24, 2.45) is 11.8 Å². The molecule has 2 amide bonds. The largest absolute Gasteiger partial charge is 0.476 e. The highest BCUT2D eigenvalue weighted by Gasteiger charge is 2.58. The molecule has 88 valence electrons. The molecule has 17 heavy (non-hydrogen) atoms. The first kappa shape index (κ1) is 10.4. The van der Waals surface area contributed by atoms with Crippen molar-refractivity contribution in [3.8, 4) is 0 Å². The van der Waals surface area contributed by atoms with Crippen molar-refractivity contribution in [3.63, 3.8) is 0 Å². The highest BCUT2D eigenvalue weighted by atomic mass is 32.1. The van der Waals surface area contributed by atoms with Gasteiger partial charge in [0.25, 0.3) is 0 Å². The number of carbonyl (C=O) groups is 3. The first-order valence-electron chi connectivity index (χ1n) is 5.11. The summed E-state index contributed by atoms with van der Waals surface area (Å²) >= 11 is 0.996. The van der Waals surface area contributed by atoms with Gasteiger partial charge in [0.05, 0.1) is 24.1 Å². The summed E-state index contributed by atoms with van der Waals surface area (Å²) in [5, 5.41) is 10.3. The molecule has 2 heterocycles. The molecule has 3 rings (SSSR count). The molecule has 1 aromatic rings. The predicted molar refractivity (Wildman–Crippen MR) is 56.2 cm³/mol. The van der Waals surface area contributed by atoms with E-state index in [1.807, 2.05) is 0 Å². The molecule has 1 saturated heterocycles. The summed E-state index contributed by atoms with van der Waals surface area (Å²) in [6.45, 7) is 0.0917. The van der Waals surface area contributed by atoms with Crippen LogP contribution in [0.25, 0.3) is 0 Å². The number of fused-ring (bicyclic) bond motifs is 1. The molecule has 0 aromatic carbocycles. The van der Waals surface area contributed by atoms with Crippen LogP contribution in [0.4, 0.5) is 0 Å². The van der Waals surface area contributed by atoms with E-state index >= 15 is 0 Å². The molecule has 2 aliphatic rings. The van der Waals surface area contributed by atoms with E-state index in [0.717, 1.165) is 11.3 Å². The zero-order chi connectivity index (χ0) is 12.2. The van der Waals surface area contributed by atoms with Gasteiger partial charge in [0.2, 0.25) is 16.8 Å². The van der Waals surface area contributed by atoms with Crippen LogP contribution in [0.15, 0.2) is 5.38 Å². The van der Waals surface area contributed by atoms with Gasteiger partial charge in [-0.15, -0.1) is 11.3 Å². The van der Waals surface area contributed by atoms with E-state index in [1.54, 1.807) is 5.38 Å². The molecule has 1 aromatic heterocycles. The minimum absolute atomic E-state index is 0.0238. The fourth-order valence-corrected chi connectivity index (χ4v) is 2.69. The van der Waals surface area contributed by atoms with Crippen molar-refractivity contribution in [1.82, 2.24) is 9.88 Å². The average Bonchev–Trinajstić information content (AvgIpc) is 2.88. The topological polar surface area (TPSA) is 87.6 Å². The monoisotopic (exact) mass is 252 g/mol. The first-order chi connectivity index (χ1) is 8.08. The minimum Gasteiger partial charge on any atom is -0.476 e. The smallest absolute Gasteiger partial charge is 0.365 e. The molecule has 1 aliphatic carbocycles. The lowest BCUT2D eigenvalue weighted by atomic mass is 10.3. The molecule has 1 saturated carbocycles. The second kappa shape index (κ2) is 3.36. The van der Waals surface area contributed by atoms with Gasteiger partial charge >= 0.3 is 5.97 Å². The Morgan fingerprint density at radius 1 is 1.47 bits per heavy atom. The molecule has 7 heteroatoms. The number of rotatable bonds is 3. The molecule has 0 spiro atoms. The van der Waals surface area contributed by atoms with E-state index in [4.69, 9.17) is 5.11 Å². The zero-order valence-corrected chi connectivity index (χ0v) is 9.44. The Bertz CT molecular complexity index is 518. The van der Waals surface area contributed by atoms with E-state index in [0.29, 0.717) is 12.1 Å². The van der Waals surface area contributed by atoms with Gasteiger partial charge in [-0.2, -0.15) is 0 Å². The maximum atomic E-state index is 11.7. The van der Waals surface area contributed by atoms with Crippen LogP contribution >= 0.6 is 11.3 Å². The summed E-state index contributed by atoms with van der Waals surface area (Å²) in [6.07, 6.45) is 0.672. The van der Waals surface area contributed by atoms with Crippen LogP contribution in [0, 0.1) is 11.8 Å². The van der Waals surface area contributed by atoms with Crippen LogP contribution in [0.1, 0.15) is 21.9 Å². The van der Waals surface area contributed by atoms with Crippen LogP contribution in [-0.4, -0.2) is 32.8 Å². The van der Waals surface area contributed by atoms with Crippen molar-refractivity contribution < 1.29 is 19.5 Å². The normalized spacial score (nSPS) is 26.2. The number of aromatic carboxylic acids is 1. The predicted octanol–water partition coefficient (Wildman–Crippen LogP) is 0.346. The number of amides is 2. The lowest BCUT2D eigenvalue weighted by molar-refractivity contribution is -0.142. The Balaban J connectivity index is 1.76. The molecule has 2 unspecified atom stereocenters. The standard InChI is InChI=1S/C10H8N2O4S/c13-8-5-1-6(5)9(14)12(8)2-4-3-17-7(11-4)10(15)16/h3,5-6H,1-2H2,(H,15,16). The van der Waals surface area contributed by atoms with Crippen molar-refractivity contribution >= 4 is 29.1 Å². The molecule has 1 N–H and O–H groups in total. The highest BCUT2D eigenvalue weighted by molar-refractivity contribution is 7.11. The van der Waals surface area contributed by atoms with Crippen molar-refractivity contribution in [1.29, 1.82) is 0 Å². The van der Waals surface area contributed by atoms with Gasteiger partial charge in [-0.1, -0.05) is 0 Å². The van der Waals surface area contributed by atoms with Gasteiger partial charge in [-0.05, 0) is 6.42 Å². The molecule has 0 radical (unpaired) electrons. The molecule has 0 bridgehead atoms. The third kappa shape index (κ3) is 1.54. The van der Waals surface area contributed by atoms with Crippen LogP contribution in [0.2, 0.25) is 0 Å². The zero-order valence-electron chi connectivity index (χ0n) is 8.62. The second-order valence-corrected chi connectivity index (χ2v) is 5.02. The van der Waals surface area contributed by atoms with Gasteiger partial charge in [0.1, 0.15) is 0 Å². The summed E-state index contributed by atoms with van der Waals surface area (Å²) in [7, 11) is 0. The van der Waals surface area contributed by atoms with Gasteiger partial charge in [-0.25, -0.2) is 9.78 Å². The van der Waals surface area contributed by atoms with Gasteiger partial charge in [0, 0.05) is 5.38 Å². The number of thiazole rings is 1.